The number of aromatic nitrogens is 2. The fraction of sp³-hybridized carbons (Fsp3) is 0.520. The highest BCUT2D eigenvalue weighted by Gasteiger charge is 2.59. The average Bonchev–Trinajstić information content (AvgIpc) is 3.11. The topological polar surface area (TPSA) is 135 Å². The lowest BCUT2D eigenvalue weighted by Crippen LogP contribution is -2.60. The molecule has 40 heavy (non-hydrogen) atoms. The van der Waals surface area contributed by atoms with E-state index in [4.69, 9.17) is 5.73 Å². The molecule has 0 aromatic carbocycles. The molecule has 3 atom stereocenters. The van der Waals surface area contributed by atoms with E-state index in [9.17, 15) is 26.9 Å². The van der Waals surface area contributed by atoms with Crippen molar-refractivity contribution in [3.8, 4) is 5.75 Å². The zero-order valence-electron chi connectivity index (χ0n) is 22.1. The molecule has 1 saturated heterocycles. The molecule has 1 amide bonds. The molecular weight excluding hydrogens is 559 g/mol. The van der Waals surface area contributed by atoms with E-state index in [1.54, 1.807) is 20.8 Å². The number of amides is 1. The van der Waals surface area contributed by atoms with Gasteiger partial charge in [-0.05, 0) is 57.9 Å². The van der Waals surface area contributed by atoms with Crippen LogP contribution in [-0.4, -0.2) is 61.8 Å². The molecule has 15 heteroatoms. The van der Waals surface area contributed by atoms with Crippen molar-refractivity contribution in [2.45, 2.75) is 67.9 Å². The molecule has 0 radical (unpaired) electrons. The largest absolute Gasteiger partial charge is 0.485 e. The Balaban J connectivity index is 1.58. The van der Waals surface area contributed by atoms with E-state index < -0.39 is 56.7 Å². The molecule has 2 aliphatic heterocycles. The molecule has 0 aliphatic carbocycles. The molecule has 0 spiro atoms. The van der Waals surface area contributed by atoms with Crippen molar-refractivity contribution >= 4 is 28.1 Å². The number of nitrogens with two attached hydrogens (primary N) is 1. The van der Waals surface area contributed by atoms with Gasteiger partial charge in [0, 0.05) is 6.54 Å². The number of pyridine rings is 2. The fourth-order valence-corrected chi connectivity index (χ4v) is 8.24. The predicted octanol–water partition coefficient (Wildman–Crippen LogP) is 4.85. The van der Waals surface area contributed by atoms with E-state index in [-0.39, 0.29) is 28.8 Å². The average molecular weight is 591 g/mol. The molecule has 0 saturated carbocycles. The van der Waals surface area contributed by atoms with Crippen LogP contribution in [0.25, 0.3) is 0 Å². The zero-order chi connectivity index (χ0) is 29.5. The summed E-state index contributed by atoms with van der Waals surface area (Å²) < 4.78 is 85.1. The molecule has 2 aromatic rings. The quantitative estimate of drug-likeness (QED) is 0.339. The van der Waals surface area contributed by atoms with Gasteiger partial charge in [0.25, 0.3) is 5.91 Å². The summed E-state index contributed by atoms with van der Waals surface area (Å²) in [5.41, 5.74) is 4.73. The van der Waals surface area contributed by atoms with Crippen LogP contribution in [0.15, 0.2) is 35.5 Å². The lowest BCUT2D eigenvalue weighted by atomic mass is 9.88. The Bertz CT molecular complexity index is 1300. The summed E-state index contributed by atoms with van der Waals surface area (Å²) in [7, 11) is -2.63. The van der Waals surface area contributed by atoms with E-state index in [2.05, 4.69) is 29.7 Å². The molecule has 0 bridgehead atoms. The van der Waals surface area contributed by atoms with Crippen molar-refractivity contribution in [2.75, 3.05) is 18.5 Å². The Kier molecular flexibility index (Phi) is 8.04. The van der Waals surface area contributed by atoms with Gasteiger partial charge in [-0.3, -0.25) is 14.5 Å². The molecule has 2 aromatic heterocycles. The van der Waals surface area contributed by atoms with Gasteiger partial charge in [-0.15, -0.1) is 0 Å². The van der Waals surface area contributed by atoms with Crippen LogP contribution >= 0.6 is 10.5 Å². The summed E-state index contributed by atoms with van der Waals surface area (Å²) in [4.78, 5) is 25.6. The molecule has 220 valence electrons. The van der Waals surface area contributed by atoms with Gasteiger partial charge in [-0.2, -0.15) is 8.78 Å². The van der Waals surface area contributed by atoms with Crippen molar-refractivity contribution in [3.05, 3.63) is 47.7 Å². The molecule has 2 aliphatic rings. The van der Waals surface area contributed by atoms with Crippen molar-refractivity contribution < 1.29 is 36.0 Å². The highest BCUT2D eigenvalue weighted by atomic mass is 32.3. The number of alkyl halides is 4. The molecule has 4 heterocycles. The first-order valence-corrected chi connectivity index (χ1v) is 14.1. The highest BCUT2D eigenvalue weighted by Crippen LogP contribution is 2.66. The van der Waals surface area contributed by atoms with Gasteiger partial charge >= 0.3 is 12.3 Å². The van der Waals surface area contributed by atoms with Gasteiger partial charge in [-0.1, -0.05) is 16.9 Å². The first-order valence-electron chi connectivity index (χ1n) is 12.5. The van der Waals surface area contributed by atoms with Crippen LogP contribution in [0.3, 0.4) is 0 Å². The number of amidine groups is 1. The number of fused-ring (bicyclic) bond motifs is 1. The first-order chi connectivity index (χ1) is 18.6. The minimum absolute atomic E-state index is 0.0277. The minimum atomic E-state index is -4.34. The smallest absolute Gasteiger partial charge is 0.340 e. The van der Waals surface area contributed by atoms with Gasteiger partial charge in [0.05, 0.1) is 16.2 Å². The Hall–Kier alpha value is -3.04. The number of halogens is 5. The van der Waals surface area contributed by atoms with Crippen LogP contribution in [0.4, 0.5) is 27.8 Å². The number of aliphatic imine (C=N–C) groups is 1. The number of hydrogen-bond donors (Lipinski definition) is 4. The van der Waals surface area contributed by atoms with E-state index in [1.165, 1.54) is 6.07 Å². The zero-order valence-corrected chi connectivity index (χ0v) is 22.9. The maximum absolute atomic E-state index is 15.3. The summed E-state index contributed by atoms with van der Waals surface area (Å²) >= 11 is 0. The molecule has 0 unspecified atom stereocenters. The Morgan fingerprint density at radius 2 is 2.00 bits per heavy atom. The second-order valence-electron chi connectivity index (χ2n) is 10.4. The lowest BCUT2D eigenvalue weighted by molar-refractivity contribution is -0.148. The van der Waals surface area contributed by atoms with Gasteiger partial charge in [0.15, 0.2) is 6.61 Å². The lowest BCUT2D eigenvalue weighted by Gasteiger charge is -2.58. The van der Waals surface area contributed by atoms with E-state index in [0.717, 1.165) is 37.2 Å². The van der Waals surface area contributed by atoms with Crippen LogP contribution in [-0.2, 0) is 5.54 Å². The monoisotopic (exact) mass is 590 g/mol. The summed E-state index contributed by atoms with van der Waals surface area (Å²) in [6.45, 7) is 4.29. The minimum Gasteiger partial charge on any atom is -0.485 e. The molecule has 9 nitrogen and oxygen atoms in total. The molecule has 5 N–H and O–H groups in total. The number of ether oxygens (including phenoxy) is 1. The third-order valence-electron chi connectivity index (χ3n) is 7.29. The number of nitrogens with one attached hydrogen (secondary N) is 2. The number of nitrogens with zero attached hydrogens (tertiary/aromatic N) is 3. The van der Waals surface area contributed by atoms with Crippen molar-refractivity contribution in [2.24, 2.45) is 10.7 Å². The van der Waals surface area contributed by atoms with Crippen molar-refractivity contribution in [1.29, 1.82) is 0 Å². The van der Waals surface area contributed by atoms with Crippen LogP contribution < -0.4 is 20.5 Å². The van der Waals surface area contributed by atoms with Gasteiger partial charge in [-0.25, -0.2) is 23.1 Å². The Morgan fingerprint density at radius 3 is 2.65 bits per heavy atom. The summed E-state index contributed by atoms with van der Waals surface area (Å²) in [6.07, 6.45) is -0.816. The van der Waals surface area contributed by atoms with Crippen LogP contribution in [0.1, 0.15) is 56.2 Å². The number of carbonyl (C=O) groups is 1. The Morgan fingerprint density at radius 1 is 1.27 bits per heavy atom. The maximum atomic E-state index is 15.3. The van der Waals surface area contributed by atoms with Crippen LogP contribution in [0.5, 0.6) is 5.75 Å². The number of carbonyl (C=O) groups excluding carboxylic acids is 1. The third-order valence-corrected chi connectivity index (χ3v) is 11.2. The van der Waals surface area contributed by atoms with Crippen LogP contribution in [0, 0.1) is 5.82 Å². The first kappa shape index (κ1) is 29.9. The number of hydrogen-bond acceptors (Lipinski definition) is 8. The summed E-state index contributed by atoms with van der Waals surface area (Å²) in [6, 6.07) is 4.64. The van der Waals surface area contributed by atoms with Gasteiger partial charge < -0.3 is 20.3 Å². The van der Waals surface area contributed by atoms with Crippen molar-refractivity contribution in [1.82, 2.24) is 14.7 Å². The molecule has 4 rings (SSSR count). The Labute approximate surface area is 229 Å². The SMILES string of the molecule is CC1(C)C(N)=N[C@](C)(c2nc(NC(=O)c3ccc(OCC(F)(F)C(F)F)cn3)ccc2F)[C@H]2CCCCN[S@]21O. The normalized spacial score (nSPS) is 26.4. The standard InChI is InChI=1S/C25H31F5N6O3S/c1-23(2)22(31)36-24(3,17-6-4-5-11-33-40(17,23)38)19-15(26)8-10-18(34-19)35-20(37)16-9-7-14(12-32-16)39-13-25(29,30)21(27)28/h7-10,12,17,21,33,38H,4-6,11,13H2,1-3H3,(H2,31,36)(H,34,35,37)/t17-,24+/m1/s1. The second kappa shape index (κ2) is 10.7. The third kappa shape index (κ3) is 5.33. The molecular formula is C25H31F5N6O3S. The van der Waals surface area contributed by atoms with Gasteiger partial charge in [0.2, 0.25) is 0 Å². The van der Waals surface area contributed by atoms with E-state index in [1.807, 2.05) is 0 Å². The predicted molar refractivity (Wildman–Crippen MR) is 142 cm³/mol. The number of rotatable bonds is 7. The van der Waals surface area contributed by atoms with Gasteiger partial charge in [0.1, 0.15) is 40.1 Å². The number of anilines is 1. The van der Waals surface area contributed by atoms with E-state index in [0.29, 0.717) is 13.0 Å². The molecule has 1 fully saturated rings. The summed E-state index contributed by atoms with van der Waals surface area (Å²) in [5.74, 6) is -5.90. The van der Waals surface area contributed by atoms with Crippen molar-refractivity contribution in [3.63, 3.8) is 0 Å². The second-order valence-corrected chi connectivity index (χ2v) is 13.5. The summed E-state index contributed by atoms with van der Waals surface area (Å²) in [5, 5.41) is 1.98. The highest BCUT2D eigenvalue weighted by molar-refractivity contribution is 8.29. The maximum Gasteiger partial charge on any atom is 0.340 e. The van der Waals surface area contributed by atoms with Crippen LogP contribution in [0.2, 0.25) is 0 Å². The fourth-order valence-electron chi connectivity index (χ4n) is 4.81. The van der Waals surface area contributed by atoms with E-state index >= 15 is 4.39 Å².